The van der Waals surface area contributed by atoms with Crippen molar-refractivity contribution in [2.45, 2.75) is 33.8 Å². The Morgan fingerprint density at radius 2 is 1.80 bits per heavy atom. The first-order chi connectivity index (χ1) is 9.47. The molecular formula is C15H19N3O2. The first-order valence-corrected chi connectivity index (χ1v) is 6.49. The fraction of sp³-hybridized carbons (Fsp3) is 0.333. The van der Waals surface area contributed by atoms with Gasteiger partial charge in [-0.1, -0.05) is 17.7 Å². The monoisotopic (exact) mass is 273 g/mol. The molecule has 0 atom stereocenters. The van der Waals surface area contributed by atoms with Crippen LogP contribution in [0.1, 0.15) is 25.0 Å². The first-order valence-electron chi connectivity index (χ1n) is 6.49. The van der Waals surface area contributed by atoms with E-state index in [1.165, 1.54) is 11.9 Å². The molecule has 5 heteroatoms. The topological polar surface area (TPSA) is 70.3 Å². The predicted octanol–water partition coefficient (Wildman–Crippen LogP) is 3.26. The summed E-state index contributed by atoms with van der Waals surface area (Å²) in [6.07, 6.45) is 1.37. The summed E-state index contributed by atoms with van der Waals surface area (Å²) < 4.78 is 11.3. The highest BCUT2D eigenvalue weighted by Crippen LogP contribution is 2.32. The van der Waals surface area contributed by atoms with Gasteiger partial charge in [-0.05, 0) is 39.3 Å². The number of nitrogen functional groups attached to an aromatic ring is 1. The molecule has 20 heavy (non-hydrogen) atoms. The highest BCUT2D eigenvalue weighted by Gasteiger charge is 2.13. The Hall–Kier alpha value is -2.30. The molecule has 0 spiro atoms. The minimum Gasteiger partial charge on any atom is -0.473 e. The maximum absolute atomic E-state index is 5.98. The van der Waals surface area contributed by atoms with Crippen LogP contribution in [-0.4, -0.2) is 16.1 Å². The van der Waals surface area contributed by atoms with Crippen LogP contribution < -0.4 is 15.2 Å². The molecule has 0 bridgehead atoms. The number of ether oxygens (including phenoxy) is 2. The summed E-state index contributed by atoms with van der Waals surface area (Å²) in [5.41, 5.74) is 8.49. The third-order valence-corrected chi connectivity index (χ3v) is 2.70. The normalized spacial score (nSPS) is 10.7. The summed E-state index contributed by atoms with van der Waals surface area (Å²) in [6, 6.07) is 5.92. The zero-order valence-electron chi connectivity index (χ0n) is 12.2. The summed E-state index contributed by atoms with van der Waals surface area (Å²) in [4.78, 5) is 8.09. The maximum atomic E-state index is 5.98. The Balaban J connectivity index is 2.29. The van der Waals surface area contributed by atoms with Crippen molar-refractivity contribution in [3.63, 3.8) is 0 Å². The molecule has 0 aliphatic carbocycles. The van der Waals surface area contributed by atoms with Gasteiger partial charge in [-0.2, -0.15) is 9.97 Å². The van der Waals surface area contributed by atoms with E-state index in [4.69, 9.17) is 15.2 Å². The summed E-state index contributed by atoms with van der Waals surface area (Å²) in [5, 5.41) is 0. The number of aromatic nitrogens is 2. The van der Waals surface area contributed by atoms with Crippen molar-refractivity contribution >= 4 is 5.69 Å². The average Bonchev–Trinajstić information content (AvgIpc) is 2.36. The molecule has 2 N–H and O–H groups in total. The molecule has 5 nitrogen and oxygen atoms in total. The van der Waals surface area contributed by atoms with Gasteiger partial charge in [-0.3, -0.25) is 0 Å². The van der Waals surface area contributed by atoms with Crippen molar-refractivity contribution in [3.8, 4) is 17.5 Å². The number of aryl methyl sites for hydroxylation is 2. The van der Waals surface area contributed by atoms with Crippen LogP contribution in [0.4, 0.5) is 5.69 Å². The van der Waals surface area contributed by atoms with Crippen molar-refractivity contribution in [1.29, 1.82) is 0 Å². The average molecular weight is 273 g/mol. The Morgan fingerprint density at radius 1 is 1.10 bits per heavy atom. The molecule has 0 aliphatic heterocycles. The quantitative estimate of drug-likeness (QED) is 0.925. The third-order valence-electron chi connectivity index (χ3n) is 2.70. The molecule has 0 saturated carbocycles. The minimum absolute atomic E-state index is 0.0128. The largest absolute Gasteiger partial charge is 0.473 e. The lowest BCUT2D eigenvalue weighted by atomic mass is 10.1. The van der Waals surface area contributed by atoms with E-state index in [0.29, 0.717) is 17.4 Å². The van der Waals surface area contributed by atoms with Crippen LogP contribution in [0.2, 0.25) is 0 Å². The van der Waals surface area contributed by atoms with Gasteiger partial charge in [0.1, 0.15) is 12.1 Å². The second-order valence-electron chi connectivity index (χ2n) is 4.94. The zero-order valence-corrected chi connectivity index (χ0v) is 12.2. The molecule has 0 aliphatic rings. The summed E-state index contributed by atoms with van der Waals surface area (Å²) in [6.45, 7) is 7.83. The van der Waals surface area contributed by atoms with Crippen molar-refractivity contribution in [2.24, 2.45) is 0 Å². The molecule has 0 amide bonds. The highest BCUT2D eigenvalue weighted by atomic mass is 16.5. The van der Waals surface area contributed by atoms with Crippen LogP contribution in [-0.2, 0) is 0 Å². The number of benzene rings is 1. The Morgan fingerprint density at radius 3 is 2.45 bits per heavy atom. The van der Waals surface area contributed by atoms with Gasteiger partial charge in [0, 0.05) is 0 Å². The van der Waals surface area contributed by atoms with Crippen LogP contribution in [0.25, 0.3) is 0 Å². The number of rotatable bonds is 4. The summed E-state index contributed by atoms with van der Waals surface area (Å²) in [5.74, 6) is 1.37. The van der Waals surface area contributed by atoms with Crippen LogP contribution in [0.5, 0.6) is 17.5 Å². The fourth-order valence-electron chi connectivity index (χ4n) is 1.78. The second kappa shape index (κ2) is 5.77. The lowest BCUT2D eigenvalue weighted by molar-refractivity contribution is 0.232. The van der Waals surface area contributed by atoms with Crippen LogP contribution in [0.15, 0.2) is 24.5 Å². The number of nitrogens with zero attached hydrogens (tertiary/aromatic N) is 2. The Kier molecular flexibility index (Phi) is 4.08. The molecular weight excluding hydrogens is 254 g/mol. The van der Waals surface area contributed by atoms with E-state index in [1.807, 2.05) is 45.9 Å². The lowest BCUT2D eigenvalue weighted by Gasteiger charge is -2.14. The van der Waals surface area contributed by atoms with Gasteiger partial charge in [0.15, 0.2) is 5.69 Å². The Labute approximate surface area is 118 Å². The maximum Gasteiger partial charge on any atom is 0.249 e. The molecule has 0 saturated heterocycles. The molecule has 1 heterocycles. The number of hydrogen-bond donors (Lipinski definition) is 1. The molecule has 0 unspecified atom stereocenters. The van der Waals surface area contributed by atoms with E-state index in [-0.39, 0.29) is 6.10 Å². The Bertz CT molecular complexity index is 612. The van der Waals surface area contributed by atoms with Crippen molar-refractivity contribution < 1.29 is 9.47 Å². The summed E-state index contributed by atoms with van der Waals surface area (Å²) in [7, 11) is 0. The highest BCUT2D eigenvalue weighted by molar-refractivity contribution is 5.57. The van der Waals surface area contributed by atoms with E-state index in [0.717, 1.165) is 11.3 Å². The van der Waals surface area contributed by atoms with E-state index in [9.17, 15) is 0 Å². The lowest BCUT2D eigenvalue weighted by Crippen LogP contribution is -2.10. The molecule has 2 aromatic rings. The molecule has 1 aromatic carbocycles. The zero-order chi connectivity index (χ0) is 14.7. The van der Waals surface area contributed by atoms with Gasteiger partial charge in [-0.25, -0.2) is 0 Å². The third kappa shape index (κ3) is 3.17. The van der Waals surface area contributed by atoms with E-state index in [1.54, 1.807) is 0 Å². The molecule has 2 rings (SSSR count). The van der Waals surface area contributed by atoms with Crippen molar-refractivity contribution in [2.75, 3.05) is 5.73 Å². The minimum atomic E-state index is -0.0128. The van der Waals surface area contributed by atoms with Gasteiger partial charge in [0.2, 0.25) is 11.8 Å². The van der Waals surface area contributed by atoms with E-state index >= 15 is 0 Å². The van der Waals surface area contributed by atoms with Crippen LogP contribution >= 0.6 is 0 Å². The first kappa shape index (κ1) is 14.1. The number of nitrogens with two attached hydrogens (primary N) is 1. The second-order valence-corrected chi connectivity index (χ2v) is 4.94. The summed E-state index contributed by atoms with van der Waals surface area (Å²) >= 11 is 0. The van der Waals surface area contributed by atoms with Gasteiger partial charge < -0.3 is 15.2 Å². The van der Waals surface area contributed by atoms with Crippen LogP contribution in [0.3, 0.4) is 0 Å². The predicted molar refractivity (Wildman–Crippen MR) is 78.2 cm³/mol. The fourth-order valence-corrected chi connectivity index (χ4v) is 1.78. The van der Waals surface area contributed by atoms with Crippen molar-refractivity contribution in [3.05, 3.63) is 35.7 Å². The van der Waals surface area contributed by atoms with Gasteiger partial charge >= 0.3 is 0 Å². The van der Waals surface area contributed by atoms with Gasteiger partial charge in [0.05, 0.1) is 6.10 Å². The van der Waals surface area contributed by atoms with Crippen molar-refractivity contribution in [1.82, 2.24) is 9.97 Å². The number of hydrogen-bond acceptors (Lipinski definition) is 5. The number of anilines is 1. The van der Waals surface area contributed by atoms with Crippen LogP contribution in [0, 0.1) is 13.8 Å². The molecule has 106 valence electrons. The standard InChI is InChI=1S/C15H19N3O2/c1-9(2)19-14-13(16)15(18-8-17-14)20-12-6-5-10(3)7-11(12)4/h5-9H,16H2,1-4H3. The van der Waals surface area contributed by atoms with E-state index in [2.05, 4.69) is 9.97 Å². The van der Waals surface area contributed by atoms with Gasteiger partial charge in [-0.15, -0.1) is 0 Å². The van der Waals surface area contributed by atoms with E-state index < -0.39 is 0 Å². The molecule has 0 radical (unpaired) electrons. The smallest absolute Gasteiger partial charge is 0.249 e. The van der Waals surface area contributed by atoms with Gasteiger partial charge in [0.25, 0.3) is 0 Å². The SMILES string of the molecule is Cc1ccc(Oc2ncnc(OC(C)C)c2N)c(C)c1. The molecule has 1 aromatic heterocycles. The molecule has 0 fully saturated rings.